The molecule has 3 heteroatoms. The summed E-state index contributed by atoms with van der Waals surface area (Å²) in [5.74, 6) is 0.529. The molecule has 0 aliphatic heterocycles. The summed E-state index contributed by atoms with van der Waals surface area (Å²) >= 11 is 3.32. The summed E-state index contributed by atoms with van der Waals surface area (Å²) in [7, 11) is 1.96. The lowest BCUT2D eigenvalue weighted by molar-refractivity contribution is 0.158. The quantitative estimate of drug-likeness (QED) is 0.750. The van der Waals surface area contributed by atoms with Gasteiger partial charge >= 0.3 is 0 Å². The van der Waals surface area contributed by atoms with Crippen molar-refractivity contribution in [2.75, 3.05) is 7.05 Å². The predicted molar refractivity (Wildman–Crippen MR) is 86.3 cm³/mol. The maximum absolute atomic E-state index is 14.5. The van der Waals surface area contributed by atoms with Gasteiger partial charge in [-0.25, -0.2) is 4.39 Å². The minimum Gasteiger partial charge on any atom is -0.312 e. The van der Waals surface area contributed by atoms with Crippen LogP contribution in [0.15, 0.2) is 22.7 Å². The lowest BCUT2D eigenvalue weighted by atomic mass is 9.70. The summed E-state index contributed by atoms with van der Waals surface area (Å²) in [6.07, 6.45) is 6.08. The summed E-state index contributed by atoms with van der Waals surface area (Å²) in [5.41, 5.74) is 1.01. The van der Waals surface area contributed by atoms with Crippen LogP contribution in [0.3, 0.4) is 0 Å². The van der Waals surface area contributed by atoms with Crippen LogP contribution < -0.4 is 5.32 Å². The second-order valence-electron chi connectivity index (χ2n) is 6.53. The summed E-state index contributed by atoms with van der Waals surface area (Å²) in [6.45, 7) is 4.54. The Morgan fingerprint density at radius 1 is 1.30 bits per heavy atom. The molecular formula is C17H25BrFN. The Labute approximate surface area is 130 Å². The Morgan fingerprint density at radius 3 is 2.50 bits per heavy atom. The fourth-order valence-corrected chi connectivity index (χ4v) is 4.42. The molecule has 1 nitrogen and oxygen atoms in total. The molecule has 0 spiro atoms. The Bertz CT molecular complexity index is 452. The summed E-state index contributed by atoms with van der Waals surface area (Å²) < 4.78 is 15.1. The highest BCUT2D eigenvalue weighted by Gasteiger charge is 2.42. The first-order valence-electron chi connectivity index (χ1n) is 7.61. The number of benzene rings is 1. The number of hydrogen-bond acceptors (Lipinski definition) is 1. The van der Waals surface area contributed by atoms with Crippen LogP contribution in [0, 0.1) is 17.2 Å². The molecule has 0 amide bonds. The van der Waals surface area contributed by atoms with Crippen LogP contribution in [0.2, 0.25) is 0 Å². The molecule has 20 heavy (non-hydrogen) atoms. The van der Waals surface area contributed by atoms with Crippen molar-refractivity contribution in [3.63, 3.8) is 0 Å². The molecule has 0 radical (unpaired) electrons. The molecule has 1 N–H and O–H groups in total. The first-order chi connectivity index (χ1) is 9.50. The van der Waals surface area contributed by atoms with E-state index in [1.807, 2.05) is 19.2 Å². The van der Waals surface area contributed by atoms with Crippen LogP contribution in [0.1, 0.15) is 57.6 Å². The monoisotopic (exact) mass is 341 g/mol. The van der Waals surface area contributed by atoms with Crippen LogP contribution in [0.4, 0.5) is 4.39 Å². The molecule has 0 aromatic heterocycles. The van der Waals surface area contributed by atoms with Crippen LogP contribution in [-0.4, -0.2) is 7.05 Å². The average Bonchev–Trinajstić information content (AvgIpc) is 2.83. The molecule has 1 saturated carbocycles. The smallest absolute Gasteiger partial charge is 0.142 e. The number of halogens is 2. The Hall–Kier alpha value is -0.410. The molecule has 1 atom stereocenters. The van der Waals surface area contributed by atoms with Gasteiger partial charge in [0.2, 0.25) is 0 Å². The van der Waals surface area contributed by atoms with Gasteiger partial charge in [0.05, 0.1) is 4.47 Å². The van der Waals surface area contributed by atoms with E-state index in [0.29, 0.717) is 10.4 Å². The van der Waals surface area contributed by atoms with E-state index in [1.54, 1.807) is 6.07 Å². The van der Waals surface area contributed by atoms with Gasteiger partial charge in [0, 0.05) is 11.6 Å². The summed E-state index contributed by atoms with van der Waals surface area (Å²) in [5, 5.41) is 3.41. The fraction of sp³-hybridized carbons (Fsp3) is 0.647. The maximum Gasteiger partial charge on any atom is 0.142 e. The number of nitrogens with one attached hydrogen (secondary N) is 1. The minimum absolute atomic E-state index is 0.102. The van der Waals surface area contributed by atoms with E-state index < -0.39 is 0 Å². The van der Waals surface area contributed by atoms with Gasteiger partial charge in [0.15, 0.2) is 0 Å². The normalized spacial score (nSPS) is 19.5. The second-order valence-corrected chi connectivity index (χ2v) is 7.39. The topological polar surface area (TPSA) is 12.0 Å². The highest BCUT2D eigenvalue weighted by Crippen LogP contribution is 2.52. The molecule has 1 aliphatic carbocycles. The zero-order chi connectivity index (χ0) is 14.8. The van der Waals surface area contributed by atoms with Crippen molar-refractivity contribution in [2.45, 2.75) is 52.0 Å². The van der Waals surface area contributed by atoms with Gasteiger partial charge in [-0.2, -0.15) is 0 Å². The van der Waals surface area contributed by atoms with E-state index in [-0.39, 0.29) is 17.3 Å². The minimum atomic E-state index is -0.109. The Kier molecular flexibility index (Phi) is 5.25. The van der Waals surface area contributed by atoms with Crippen LogP contribution >= 0.6 is 15.9 Å². The Morgan fingerprint density at radius 2 is 1.95 bits per heavy atom. The first-order valence-corrected chi connectivity index (χ1v) is 8.40. The molecule has 112 valence electrons. The average molecular weight is 342 g/mol. The summed E-state index contributed by atoms with van der Waals surface area (Å²) in [6, 6.07) is 5.74. The van der Waals surface area contributed by atoms with Crippen molar-refractivity contribution in [1.82, 2.24) is 5.32 Å². The van der Waals surface area contributed by atoms with Gasteiger partial charge < -0.3 is 5.32 Å². The molecule has 2 rings (SSSR count). The van der Waals surface area contributed by atoms with E-state index >= 15 is 0 Å². The fourth-order valence-electron chi connectivity index (χ4n) is 4.04. The molecule has 1 unspecified atom stereocenters. The third-order valence-electron chi connectivity index (χ3n) is 4.61. The third-order valence-corrected chi connectivity index (χ3v) is 5.22. The SMILES string of the molecule is CNC(c1cccc(Br)c1F)C1(CC(C)C)CCCC1. The van der Waals surface area contributed by atoms with Gasteiger partial charge in [-0.15, -0.1) is 0 Å². The zero-order valence-electron chi connectivity index (χ0n) is 12.7. The van der Waals surface area contributed by atoms with Crippen LogP contribution in [0.5, 0.6) is 0 Å². The van der Waals surface area contributed by atoms with Gasteiger partial charge in [-0.05, 0) is 59.6 Å². The van der Waals surface area contributed by atoms with Crippen LogP contribution in [0.25, 0.3) is 0 Å². The van der Waals surface area contributed by atoms with Crippen molar-refractivity contribution in [1.29, 1.82) is 0 Å². The zero-order valence-corrected chi connectivity index (χ0v) is 14.3. The van der Waals surface area contributed by atoms with E-state index in [4.69, 9.17) is 0 Å². The van der Waals surface area contributed by atoms with Crippen molar-refractivity contribution in [3.8, 4) is 0 Å². The molecule has 0 bridgehead atoms. The molecular weight excluding hydrogens is 317 g/mol. The van der Waals surface area contributed by atoms with Crippen molar-refractivity contribution in [2.24, 2.45) is 11.3 Å². The highest BCUT2D eigenvalue weighted by molar-refractivity contribution is 9.10. The highest BCUT2D eigenvalue weighted by atomic mass is 79.9. The maximum atomic E-state index is 14.5. The lowest BCUT2D eigenvalue weighted by Crippen LogP contribution is -2.36. The van der Waals surface area contributed by atoms with Crippen molar-refractivity contribution in [3.05, 3.63) is 34.1 Å². The van der Waals surface area contributed by atoms with Crippen molar-refractivity contribution >= 4 is 15.9 Å². The molecule has 1 aromatic rings. The van der Waals surface area contributed by atoms with E-state index in [1.165, 1.54) is 25.7 Å². The van der Waals surface area contributed by atoms with Gasteiger partial charge in [-0.3, -0.25) is 0 Å². The molecule has 0 heterocycles. The van der Waals surface area contributed by atoms with Gasteiger partial charge in [0.1, 0.15) is 5.82 Å². The number of hydrogen-bond donors (Lipinski definition) is 1. The first kappa shape index (κ1) is 16.0. The van der Waals surface area contributed by atoms with Gasteiger partial charge in [0.25, 0.3) is 0 Å². The molecule has 1 aromatic carbocycles. The molecule has 1 fully saturated rings. The van der Waals surface area contributed by atoms with Gasteiger partial charge in [-0.1, -0.05) is 38.8 Å². The van der Waals surface area contributed by atoms with E-state index in [9.17, 15) is 4.39 Å². The van der Waals surface area contributed by atoms with E-state index in [0.717, 1.165) is 12.0 Å². The second kappa shape index (κ2) is 6.57. The number of rotatable bonds is 5. The predicted octanol–water partition coefficient (Wildman–Crippen LogP) is 5.46. The lowest BCUT2D eigenvalue weighted by Gasteiger charge is -2.39. The molecule has 0 saturated heterocycles. The van der Waals surface area contributed by atoms with E-state index in [2.05, 4.69) is 35.1 Å². The van der Waals surface area contributed by atoms with Crippen LogP contribution in [-0.2, 0) is 0 Å². The van der Waals surface area contributed by atoms with Crippen molar-refractivity contribution < 1.29 is 4.39 Å². The summed E-state index contributed by atoms with van der Waals surface area (Å²) in [4.78, 5) is 0. The Balaban J connectivity index is 2.40. The molecule has 1 aliphatic rings. The third kappa shape index (κ3) is 3.09. The standard InChI is InChI=1S/C17H25BrFN/c1-12(2)11-17(9-4-5-10-17)16(20-3)13-7-6-8-14(18)15(13)19/h6-8,12,16,20H,4-5,9-11H2,1-3H3. The largest absolute Gasteiger partial charge is 0.312 e.